The Labute approximate surface area is 165 Å². The SMILES string of the molecule is CCOC(=O)CN(c1c(OCc2ccccc2)ccc(Br)c1F)S(N)(=O)=O. The summed E-state index contributed by atoms with van der Waals surface area (Å²) >= 11 is 3.00. The molecular formula is C17H18BrFN2O5S. The van der Waals surface area contributed by atoms with Gasteiger partial charge in [-0.05, 0) is 40.5 Å². The second-order valence-electron chi connectivity index (χ2n) is 5.34. The number of ether oxygens (including phenoxy) is 2. The van der Waals surface area contributed by atoms with E-state index in [2.05, 4.69) is 15.9 Å². The molecule has 0 unspecified atom stereocenters. The lowest BCUT2D eigenvalue weighted by atomic mass is 10.2. The summed E-state index contributed by atoms with van der Waals surface area (Å²) in [5.41, 5.74) is 0.315. The summed E-state index contributed by atoms with van der Waals surface area (Å²) in [6, 6.07) is 11.8. The second kappa shape index (κ2) is 9.16. The standard InChI is InChI=1S/C17H18BrFN2O5S/c1-2-25-15(22)10-21(27(20,23)24)17-14(9-8-13(18)16(17)19)26-11-12-6-4-3-5-7-12/h3-9H,2,10-11H2,1H3,(H2,20,23,24). The van der Waals surface area contributed by atoms with Gasteiger partial charge in [0.15, 0.2) is 5.82 Å². The van der Waals surface area contributed by atoms with Crippen LogP contribution in [0.3, 0.4) is 0 Å². The van der Waals surface area contributed by atoms with Crippen molar-refractivity contribution < 1.29 is 27.1 Å². The fourth-order valence-corrected chi connectivity index (χ4v) is 3.26. The number of carbonyl (C=O) groups excluding carboxylic acids is 1. The van der Waals surface area contributed by atoms with Gasteiger partial charge >= 0.3 is 5.97 Å². The van der Waals surface area contributed by atoms with Crippen molar-refractivity contribution in [2.75, 3.05) is 17.5 Å². The van der Waals surface area contributed by atoms with Gasteiger partial charge in [-0.3, -0.25) is 4.79 Å². The van der Waals surface area contributed by atoms with Crippen molar-refractivity contribution in [3.05, 3.63) is 58.3 Å². The summed E-state index contributed by atoms with van der Waals surface area (Å²) in [7, 11) is -4.48. The van der Waals surface area contributed by atoms with Crippen molar-refractivity contribution in [2.24, 2.45) is 5.14 Å². The Balaban J connectivity index is 2.44. The van der Waals surface area contributed by atoms with Gasteiger partial charge in [0.1, 0.15) is 24.6 Å². The number of anilines is 1. The number of hydrogen-bond acceptors (Lipinski definition) is 5. The number of rotatable bonds is 8. The van der Waals surface area contributed by atoms with Crippen LogP contribution in [0.4, 0.5) is 10.1 Å². The second-order valence-corrected chi connectivity index (χ2v) is 7.66. The van der Waals surface area contributed by atoms with E-state index < -0.39 is 34.2 Å². The van der Waals surface area contributed by atoms with E-state index in [1.807, 2.05) is 6.07 Å². The normalized spacial score (nSPS) is 11.1. The Kier molecular flexibility index (Phi) is 7.17. The summed E-state index contributed by atoms with van der Waals surface area (Å²) < 4.78 is 49.6. The van der Waals surface area contributed by atoms with Crippen molar-refractivity contribution >= 4 is 37.8 Å². The number of carbonyl (C=O) groups is 1. The van der Waals surface area contributed by atoms with E-state index in [0.29, 0.717) is 4.31 Å². The highest BCUT2D eigenvalue weighted by molar-refractivity contribution is 9.10. The third kappa shape index (κ3) is 5.65. The first kappa shape index (κ1) is 21.1. The number of nitrogens with two attached hydrogens (primary N) is 1. The zero-order valence-electron chi connectivity index (χ0n) is 14.4. The van der Waals surface area contributed by atoms with Gasteiger partial charge < -0.3 is 9.47 Å². The van der Waals surface area contributed by atoms with Gasteiger partial charge in [0.05, 0.1) is 11.1 Å². The van der Waals surface area contributed by atoms with Crippen molar-refractivity contribution in [3.8, 4) is 5.75 Å². The molecule has 2 aromatic carbocycles. The Morgan fingerprint density at radius 2 is 1.89 bits per heavy atom. The van der Waals surface area contributed by atoms with Crippen LogP contribution >= 0.6 is 15.9 Å². The van der Waals surface area contributed by atoms with Gasteiger partial charge in [0.25, 0.3) is 10.2 Å². The molecule has 10 heteroatoms. The molecule has 0 aromatic heterocycles. The fraction of sp³-hybridized carbons (Fsp3) is 0.235. The first-order valence-corrected chi connectivity index (χ1v) is 10.1. The number of nitrogens with zero attached hydrogens (tertiary/aromatic N) is 1. The van der Waals surface area contributed by atoms with Crippen molar-refractivity contribution in [2.45, 2.75) is 13.5 Å². The zero-order valence-corrected chi connectivity index (χ0v) is 16.8. The Hall–Kier alpha value is -2.17. The summed E-state index contributed by atoms with van der Waals surface area (Å²) in [6.07, 6.45) is 0. The van der Waals surface area contributed by atoms with Crippen LogP contribution in [0.15, 0.2) is 46.9 Å². The Morgan fingerprint density at radius 1 is 1.22 bits per heavy atom. The van der Waals surface area contributed by atoms with Gasteiger partial charge in [0, 0.05) is 0 Å². The smallest absolute Gasteiger partial charge is 0.326 e. The third-order valence-corrected chi connectivity index (χ3v) is 4.94. The maximum Gasteiger partial charge on any atom is 0.326 e. The van der Waals surface area contributed by atoms with E-state index >= 15 is 0 Å². The van der Waals surface area contributed by atoms with Crippen LogP contribution in [-0.2, 0) is 26.3 Å². The molecule has 27 heavy (non-hydrogen) atoms. The lowest BCUT2D eigenvalue weighted by Gasteiger charge is -2.24. The predicted molar refractivity (Wildman–Crippen MR) is 102 cm³/mol. The van der Waals surface area contributed by atoms with Crippen molar-refractivity contribution in [1.29, 1.82) is 0 Å². The summed E-state index contributed by atoms with van der Waals surface area (Å²) in [4.78, 5) is 11.8. The largest absolute Gasteiger partial charge is 0.487 e. The van der Waals surface area contributed by atoms with Gasteiger partial charge in [-0.25, -0.2) is 13.8 Å². The highest BCUT2D eigenvalue weighted by Crippen LogP contribution is 2.37. The molecule has 0 atom stereocenters. The molecule has 0 saturated carbocycles. The lowest BCUT2D eigenvalue weighted by molar-refractivity contribution is -0.141. The monoisotopic (exact) mass is 460 g/mol. The molecule has 2 rings (SSSR count). The first-order chi connectivity index (χ1) is 12.7. The van der Waals surface area contributed by atoms with E-state index in [-0.39, 0.29) is 23.4 Å². The summed E-state index contributed by atoms with van der Waals surface area (Å²) in [6.45, 7) is 0.872. The third-order valence-electron chi connectivity index (χ3n) is 3.40. The van der Waals surface area contributed by atoms with Crippen molar-refractivity contribution in [3.63, 3.8) is 0 Å². The number of hydrogen-bond donors (Lipinski definition) is 1. The van der Waals surface area contributed by atoms with Gasteiger partial charge in [0.2, 0.25) is 0 Å². The molecule has 0 aliphatic heterocycles. The van der Waals surface area contributed by atoms with Crippen LogP contribution in [-0.4, -0.2) is 27.5 Å². The molecular weight excluding hydrogens is 443 g/mol. The average molecular weight is 461 g/mol. The van der Waals surface area contributed by atoms with Crippen LogP contribution in [0.1, 0.15) is 12.5 Å². The van der Waals surface area contributed by atoms with Gasteiger partial charge in [-0.1, -0.05) is 30.3 Å². The minimum absolute atomic E-state index is 0.0120. The van der Waals surface area contributed by atoms with E-state index in [9.17, 15) is 17.6 Å². The molecule has 0 fully saturated rings. The summed E-state index contributed by atoms with van der Waals surface area (Å²) in [5.74, 6) is -1.89. The van der Waals surface area contributed by atoms with Crippen LogP contribution in [0, 0.1) is 5.82 Å². The molecule has 7 nitrogen and oxygen atoms in total. The molecule has 0 amide bonds. The topological polar surface area (TPSA) is 98.9 Å². The van der Waals surface area contributed by atoms with E-state index in [1.165, 1.54) is 12.1 Å². The molecule has 0 aliphatic rings. The molecule has 0 bridgehead atoms. The fourth-order valence-electron chi connectivity index (χ4n) is 2.23. The van der Waals surface area contributed by atoms with Crippen molar-refractivity contribution in [1.82, 2.24) is 0 Å². The first-order valence-electron chi connectivity index (χ1n) is 7.84. The molecule has 0 aliphatic carbocycles. The highest BCUT2D eigenvalue weighted by atomic mass is 79.9. The quantitative estimate of drug-likeness (QED) is 0.610. The minimum atomic E-state index is -4.48. The Morgan fingerprint density at radius 3 is 2.48 bits per heavy atom. The predicted octanol–water partition coefficient (Wildman–Crippen LogP) is 2.74. The van der Waals surface area contributed by atoms with Gasteiger partial charge in [-0.2, -0.15) is 8.42 Å². The molecule has 0 spiro atoms. The number of benzene rings is 2. The minimum Gasteiger partial charge on any atom is -0.487 e. The van der Waals surface area contributed by atoms with E-state index in [4.69, 9.17) is 14.6 Å². The Bertz CT molecular complexity index is 909. The molecule has 2 N–H and O–H groups in total. The summed E-state index contributed by atoms with van der Waals surface area (Å²) in [5, 5.41) is 5.20. The molecule has 0 saturated heterocycles. The van der Waals surface area contributed by atoms with Gasteiger partial charge in [-0.15, -0.1) is 0 Å². The molecule has 146 valence electrons. The van der Waals surface area contributed by atoms with Crippen LogP contribution < -0.4 is 14.2 Å². The van der Waals surface area contributed by atoms with Crippen LogP contribution in [0.25, 0.3) is 0 Å². The maximum absolute atomic E-state index is 14.8. The van der Waals surface area contributed by atoms with E-state index in [1.54, 1.807) is 31.2 Å². The average Bonchev–Trinajstić information content (AvgIpc) is 2.61. The highest BCUT2D eigenvalue weighted by Gasteiger charge is 2.29. The van der Waals surface area contributed by atoms with Crippen LogP contribution in [0.5, 0.6) is 5.75 Å². The molecule has 0 heterocycles. The molecule has 0 radical (unpaired) electrons. The number of halogens is 2. The zero-order chi connectivity index (χ0) is 20.0. The number of esters is 1. The van der Waals surface area contributed by atoms with Crippen LogP contribution in [0.2, 0.25) is 0 Å². The lowest BCUT2D eigenvalue weighted by Crippen LogP contribution is -2.41. The maximum atomic E-state index is 14.8. The molecule has 2 aromatic rings. The van der Waals surface area contributed by atoms with E-state index in [0.717, 1.165) is 5.56 Å².